The van der Waals surface area contributed by atoms with Crippen LogP contribution in [0.1, 0.15) is 37.8 Å². The van der Waals surface area contributed by atoms with E-state index in [0.717, 1.165) is 42.6 Å². The van der Waals surface area contributed by atoms with Crippen LogP contribution in [0.25, 0.3) is 0 Å². The van der Waals surface area contributed by atoms with Crippen LogP contribution in [0, 0.1) is 0 Å². The van der Waals surface area contributed by atoms with E-state index in [0.29, 0.717) is 5.69 Å². The van der Waals surface area contributed by atoms with Crippen molar-refractivity contribution in [2.75, 3.05) is 10.6 Å². The number of nitrogens with zero attached hydrogens (tertiary/aromatic N) is 2. The van der Waals surface area contributed by atoms with Crippen LogP contribution in [0.2, 0.25) is 0 Å². The Bertz CT molecular complexity index is 730. The normalized spacial score (nSPS) is 15.8. The monoisotopic (exact) mass is 414 g/mol. The number of anilines is 3. The van der Waals surface area contributed by atoms with Gasteiger partial charge in [0.1, 0.15) is 5.82 Å². The lowest BCUT2D eigenvalue weighted by Crippen LogP contribution is -2.24. The molecule has 2 N–H and O–H groups in total. The van der Waals surface area contributed by atoms with Crippen molar-refractivity contribution in [3.8, 4) is 0 Å². The molecule has 0 bridgehead atoms. The second-order valence-corrected chi connectivity index (χ2v) is 6.90. The van der Waals surface area contributed by atoms with Crippen LogP contribution in [0.3, 0.4) is 0 Å². The van der Waals surface area contributed by atoms with Crippen molar-refractivity contribution in [1.29, 1.82) is 0 Å². The molecule has 1 aliphatic carbocycles. The van der Waals surface area contributed by atoms with E-state index < -0.39 is 11.9 Å². The second kappa shape index (κ2) is 7.59. The lowest BCUT2D eigenvalue weighted by molar-refractivity contribution is -0.141. The number of halogens is 4. The first kappa shape index (κ1) is 18.0. The Morgan fingerprint density at radius 2 is 1.76 bits per heavy atom. The summed E-state index contributed by atoms with van der Waals surface area (Å²) in [5, 5.41) is 5.98. The topological polar surface area (TPSA) is 49.8 Å². The van der Waals surface area contributed by atoms with Gasteiger partial charge in [-0.1, -0.05) is 31.4 Å². The predicted octanol–water partition coefficient (Wildman–Crippen LogP) is 5.75. The molecular formula is C17H18BrF3N4. The number of benzene rings is 1. The molecule has 1 aliphatic rings. The molecule has 0 spiro atoms. The van der Waals surface area contributed by atoms with Gasteiger partial charge in [0.15, 0.2) is 5.69 Å². The van der Waals surface area contributed by atoms with Crippen LogP contribution in [-0.2, 0) is 6.18 Å². The highest BCUT2D eigenvalue weighted by Crippen LogP contribution is 2.32. The van der Waals surface area contributed by atoms with Crippen molar-refractivity contribution in [3.05, 3.63) is 40.5 Å². The summed E-state index contributed by atoms with van der Waals surface area (Å²) in [6.45, 7) is 0. The molecule has 4 nitrogen and oxygen atoms in total. The van der Waals surface area contributed by atoms with E-state index in [1.807, 2.05) is 6.07 Å². The average Bonchev–Trinajstić information content (AvgIpc) is 2.57. The number of rotatable bonds is 4. The molecule has 1 fully saturated rings. The highest BCUT2D eigenvalue weighted by molar-refractivity contribution is 9.10. The minimum Gasteiger partial charge on any atom is -0.351 e. The zero-order valence-corrected chi connectivity index (χ0v) is 15.0. The van der Waals surface area contributed by atoms with Crippen molar-refractivity contribution < 1.29 is 13.2 Å². The SMILES string of the molecule is FC(F)(F)c1cc(Nc2ccccc2Br)nc(NC2CCCCC2)n1. The third-order valence-electron chi connectivity index (χ3n) is 4.09. The lowest BCUT2D eigenvalue weighted by atomic mass is 9.96. The number of para-hydroxylation sites is 1. The molecule has 1 saturated carbocycles. The van der Waals surface area contributed by atoms with Crippen LogP contribution < -0.4 is 10.6 Å². The summed E-state index contributed by atoms with van der Waals surface area (Å²) in [6.07, 6.45) is 0.614. The van der Waals surface area contributed by atoms with Gasteiger partial charge in [0.05, 0.1) is 5.69 Å². The van der Waals surface area contributed by atoms with Gasteiger partial charge in [-0.25, -0.2) is 4.98 Å². The molecule has 0 radical (unpaired) electrons. The fraction of sp³-hybridized carbons (Fsp3) is 0.412. The van der Waals surface area contributed by atoms with E-state index in [1.165, 1.54) is 0 Å². The minimum absolute atomic E-state index is 0.0104. The van der Waals surface area contributed by atoms with Gasteiger partial charge in [-0.15, -0.1) is 0 Å². The molecule has 1 aromatic carbocycles. The van der Waals surface area contributed by atoms with Gasteiger partial charge in [0, 0.05) is 16.6 Å². The van der Waals surface area contributed by atoms with Gasteiger partial charge in [0.25, 0.3) is 0 Å². The van der Waals surface area contributed by atoms with E-state index in [9.17, 15) is 13.2 Å². The first-order valence-electron chi connectivity index (χ1n) is 8.16. The number of aromatic nitrogens is 2. The van der Waals surface area contributed by atoms with Gasteiger partial charge in [-0.05, 0) is 40.9 Å². The molecule has 25 heavy (non-hydrogen) atoms. The van der Waals surface area contributed by atoms with Crippen LogP contribution in [0.15, 0.2) is 34.8 Å². The Morgan fingerprint density at radius 1 is 1.04 bits per heavy atom. The molecule has 1 heterocycles. The Labute approximate surface area is 152 Å². The lowest BCUT2D eigenvalue weighted by Gasteiger charge is -2.23. The first-order valence-corrected chi connectivity index (χ1v) is 8.95. The van der Waals surface area contributed by atoms with Crippen LogP contribution in [-0.4, -0.2) is 16.0 Å². The Balaban J connectivity index is 1.88. The first-order chi connectivity index (χ1) is 11.9. The summed E-state index contributed by atoms with van der Waals surface area (Å²) in [7, 11) is 0. The van der Waals surface area contributed by atoms with E-state index in [-0.39, 0.29) is 17.8 Å². The van der Waals surface area contributed by atoms with E-state index in [1.54, 1.807) is 18.2 Å². The summed E-state index contributed by atoms with van der Waals surface area (Å²) in [4.78, 5) is 7.89. The van der Waals surface area contributed by atoms with Gasteiger partial charge in [-0.3, -0.25) is 0 Å². The van der Waals surface area contributed by atoms with E-state index in [2.05, 4.69) is 36.5 Å². The fourth-order valence-corrected chi connectivity index (χ4v) is 3.24. The molecular weight excluding hydrogens is 397 g/mol. The molecule has 0 atom stereocenters. The molecule has 1 aromatic heterocycles. The average molecular weight is 415 g/mol. The molecule has 8 heteroatoms. The fourth-order valence-electron chi connectivity index (χ4n) is 2.85. The van der Waals surface area contributed by atoms with Gasteiger partial charge in [-0.2, -0.15) is 18.2 Å². The van der Waals surface area contributed by atoms with Crippen molar-refractivity contribution in [2.45, 2.75) is 44.3 Å². The van der Waals surface area contributed by atoms with E-state index in [4.69, 9.17) is 0 Å². The molecule has 0 unspecified atom stereocenters. The maximum absolute atomic E-state index is 13.2. The molecule has 2 aromatic rings. The van der Waals surface area contributed by atoms with Crippen LogP contribution in [0.5, 0.6) is 0 Å². The van der Waals surface area contributed by atoms with Crippen LogP contribution >= 0.6 is 15.9 Å². The molecule has 0 aliphatic heterocycles. The Kier molecular flexibility index (Phi) is 5.46. The van der Waals surface area contributed by atoms with Crippen molar-refractivity contribution >= 4 is 33.4 Å². The second-order valence-electron chi connectivity index (χ2n) is 6.04. The van der Waals surface area contributed by atoms with Gasteiger partial charge in [0.2, 0.25) is 5.95 Å². The maximum atomic E-state index is 13.2. The largest absolute Gasteiger partial charge is 0.433 e. The summed E-state index contributed by atoms with van der Waals surface area (Å²) in [5.41, 5.74) is -0.326. The van der Waals surface area contributed by atoms with Gasteiger partial charge >= 0.3 is 6.18 Å². The highest BCUT2D eigenvalue weighted by Gasteiger charge is 2.34. The highest BCUT2D eigenvalue weighted by atomic mass is 79.9. The third kappa shape index (κ3) is 4.84. The standard InChI is InChI=1S/C17H18BrF3N4/c18-12-8-4-5-9-13(12)23-15-10-14(17(19,20)21)24-16(25-15)22-11-6-2-1-3-7-11/h4-5,8-11H,1-3,6-7H2,(H2,22,23,24,25). The number of hydrogen-bond donors (Lipinski definition) is 2. The van der Waals surface area contributed by atoms with Crippen molar-refractivity contribution in [3.63, 3.8) is 0 Å². The number of alkyl halides is 3. The quantitative estimate of drug-likeness (QED) is 0.668. The van der Waals surface area contributed by atoms with Crippen molar-refractivity contribution in [2.24, 2.45) is 0 Å². The number of hydrogen-bond acceptors (Lipinski definition) is 4. The molecule has 0 saturated heterocycles. The Morgan fingerprint density at radius 3 is 2.44 bits per heavy atom. The minimum atomic E-state index is -4.53. The van der Waals surface area contributed by atoms with Crippen molar-refractivity contribution in [1.82, 2.24) is 9.97 Å². The smallest absolute Gasteiger partial charge is 0.351 e. The van der Waals surface area contributed by atoms with Crippen LogP contribution in [0.4, 0.5) is 30.6 Å². The summed E-state index contributed by atoms with van der Waals surface area (Å²) in [6, 6.07) is 8.22. The summed E-state index contributed by atoms with van der Waals surface area (Å²) >= 11 is 3.37. The summed E-state index contributed by atoms with van der Waals surface area (Å²) < 4.78 is 40.3. The summed E-state index contributed by atoms with van der Waals surface area (Å²) in [5.74, 6) is 0.115. The van der Waals surface area contributed by atoms with Gasteiger partial charge < -0.3 is 10.6 Å². The zero-order chi connectivity index (χ0) is 17.9. The zero-order valence-electron chi connectivity index (χ0n) is 13.4. The molecule has 0 amide bonds. The maximum Gasteiger partial charge on any atom is 0.433 e. The third-order valence-corrected chi connectivity index (χ3v) is 4.78. The van der Waals surface area contributed by atoms with E-state index >= 15 is 0 Å². The molecule has 134 valence electrons. The Hall–Kier alpha value is -1.83. The molecule has 3 rings (SSSR count). The predicted molar refractivity (Wildman–Crippen MR) is 95.0 cm³/mol. The number of nitrogens with one attached hydrogen (secondary N) is 2.